The summed E-state index contributed by atoms with van der Waals surface area (Å²) in [6, 6.07) is 17.0. The summed E-state index contributed by atoms with van der Waals surface area (Å²) in [5.41, 5.74) is 9.51. The van der Waals surface area contributed by atoms with Gasteiger partial charge in [-0.05, 0) is 42.5 Å². The monoisotopic (exact) mass is 255 g/mol. The van der Waals surface area contributed by atoms with Crippen LogP contribution >= 0.6 is 11.8 Å². The van der Waals surface area contributed by atoms with Crippen LogP contribution in [0.25, 0.3) is 0 Å². The average molecular weight is 255 g/mol. The van der Waals surface area contributed by atoms with Crippen LogP contribution in [-0.4, -0.2) is 5.25 Å². The number of hydrogen-bond acceptors (Lipinski definition) is 2. The molecule has 1 aliphatic rings. The van der Waals surface area contributed by atoms with Crippen LogP contribution in [0.1, 0.15) is 23.5 Å². The summed E-state index contributed by atoms with van der Waals surface area (Å²) in [6.45, 7) is 2.15. The first kappa shape index (κ1) is 11.7. The van der Waals surface area contributed by atoms with E-state index in [9.17, 15) is 0 Å². The summed E-state index contributed by atoms with van der Waals surface area (Å²) in [5, 5.41) is 0.716. The van der Waals surface area contributed by atoms with E-state index < -0.39 is 0 Å². The number of aryl methyl sites for hydroxylation is 1. The molecule has 0 aliphatic heterocycles. The maximum absolute atomic E-state index is 5.86. The standard InChI is InChI=1S/C16H17NS/c1-11-7-8-13(17)9-15(11)18-16-10-14(16)12-5-3-2-4-6-12/h2-9,14,16H,10,17H2,1H3. The van der Waals surface area contributed by atoms with Crippen molar-refractivity contribution in [1.82, 2.24) is 0 Å². The molecule has 2 atom stereocenters. The van der Waals surface area contributed by atoms with Crippen LogP contribution < -0.4 is 5.73 Å². The second-order valence-electron chi connectivity index (χ2n) is 4.93. The van der Waals surface area contributed by atoms with Crippen molar-refractivity contribution >= 4 is 17.4 Å². The molecule has 1 fully saturated rings. The van der Waals surface area contributed by atoms with Gasteiger partial charge in [-0.3, -0.25) is 0 Å². The minimum Gasteiger partial charge on any atom is -0.399 e. The Morgan fingerprint density at radius 3 is 2.67 bits per heavy atom. The molecule has 1 nitrogen and oxygen atoms in total. The minimum absolute atomic E-state index is 0.716. The number of nitrogens with two attached hydrogens (primary N) is 1. The first-order valence-electron chi connectivity index (χ1n) is 6.32. The second kappa shape index (κ2) is 4.69. The maximum Gasteiger partial charge on any atom is 0.0325 e. The molecule has 3 rings (SSSR count). The van der Waals surface area contributed by atoms with E-state index in [1.807, 2.05) is 17.8 Å². The van der Waals surface area contributed by atoms with Gasteiger partial charge >= 0.3 is 0 Å². The van der Waals surface area contributed by atoms with Gasteiger partial charge < -0.3 is 5.73 Å². The third-order valence-corrected chi connectivity index (χ3v) is 4.97. The summed E-state index contributed by atoms with van der Waals surface area (Å²) >= 11 is 1.97. The molecule has 2 unspecified atom stereocenters. The van der Waals surface area contributed by atoms with E-state index in [4.69, 9.17) is 5.73 Å². The molecule has 0 radical (unpaired) electrons. The minimum atomic E-state index is 0.716. The molecule has 0 aromatic heterocycles. The van der Waals surface area contributed by atoms with Gasteiger partial charge in [0, 0.05) is 15.8 Å². The van der Waals surface area contributed by atoms with E-state index in [0.717, 1.165) is 11.6 Å². The number of hydrogen-bond donors (Lipinski definition) is 1. The van der Waals surface area contributed by atoms with Gasteiger partial charge in [0.2, 0.25) is 0 Å². The Labute approximate surface area is 112 Å². The van der Waals surface area contributed by atoms with E-state index in [1.54, 1.807) is 0 Å². The Hall–Kier alpha value is -1.41. The predicted octanol–water partition coefficient (Wildman–Crippen LogP) is 4.23. The fraction of sp³-hybridized carbons (Fsp3) is 0.250. The van der Waals surface area contributed by atoms with Crippen molar-refractivity contribution in [3.8, 4) is 0 Å². The fourth-order valence-corrected chi connectivity index (χ4v) is 3.67. The molecule has 0 saturated heterocycles. The first-order valence-corrected chi connectivity index (χ1v) is 7.20. The topological polar surface area (TPSA) is 26.0 Å². The molecular formula is C16H17NS. The molecular weight excluding hydrogens is 238 g/mol. The van der Waals surface area contributed by atoms with Crippen molar-refractivity contribution in [2.24, 2.45) is 0 Å². The lowest BCUT2D eigenvalue weighted by Gasteiger charge is -2.06. The molecule has 92 valence electrons. The summed E-state index contributed by atoms with van der Waals surface area (Å²) < 4.78 is 0. The lowest BCUT2D eigenvalue weighted by Crippen LogP contribution is -1.89. The summed E-state index contributed by atoms with van der Waals surface area (Å²) in [5.74, 6) is 0.719. The molecule has 2 aromatic rings. The van der Waals surface area contributed by atoms with Crippen LogP contribution in [0.2, 0.25) is 0 Å². The molecule has 0 spiro atoms. The van der Waals surface area contributed by atoms with Crippen LogP contribution in [0, 0.1) is 6.92 Å². The van der Waals surface area contributed by atoms with Gasteiger partial charge in [-0.15, -0.1) is 11.8 Å². The summed E-state index contributed by atoms with van der Waals surface area (Å²) in [7, 11) is 0. The van der Waals surface area contributed by atoms with Crippen molar-refractivity contribution in [2.45, 2.75) is 29.4 Å². The number of benzene rings is 2. The lowest BCUT2D eigenvalue weighted by molar-refractivity contribution is 1.13. The Morgan fingerprint density at radius 1 is 1.11 bits per heavy atom. The van der Waals surface area contributed by atoms with E-state index in [2.05, 4.69) is 49.4 Å². The number of rotatable bonds is 3. The highest BCUT2D eigenvalue weighted by Crippen LogP contribution is 2.52. The van der Waals surface area contributed by atoms with E-state index in [0.29, 0.717) is 5.25 Å². The van der Waals surface area contributed by atoms with Crippen molar-refractivity contribution in [1.29, 1.82) is 0 Å². The lowest BCUT2D eigenvalue weighted by atomic mass is 10.1. The van der Waals surface area contributed by atoms with Crippen molar-refractivity contribution < 1.29 is 0 Å². The smallest absolute Gasteiger partial charge is 0.0325 e. The largest absolute Gasteiger partial charge is 0.399 e. The SMILES string of the molecule is Cc1ccc(N)cc1SC1CC1c1ccccc1. The van der Waals surface area contributed by atoms with Crippen molar-refractivity contribution in [2.75, 3.05) is 5.73 Å². The molecule has 2 N–H and O–H groups in total. The van der Waals surface area contributed by atoms with Crippen molar-refractivity contribution in [3.63, 3.8) is 0 Å². The quantitative estimate of drug-likeness (QED) is 0.831. The highest BCUT2D eigenvalue weighted by Gasteiger charge is 2.39. The van der Waals surface area contributed by atoms with Gasteiger partial charge in [0.05, 0.1) is 0 Å². The maximum atomic E-state index is 5.86. The normalized spacial score (nSPS) is 21.8. The Kier molecular flexibility index (Phi) is 3.04. The van der Waals surface area contributed by atoms with Gasteiger partial charge in [-0.2, -0.15) is 0 Å². The van der Waals surface area contributed by atoms with Crippen molar-refractivity contribution in [3.05, 3.63) is 59.7 Å². The van der Waals surface area contributed by atoms with Gasteiger partial charge in [-0.1, -0.05) is 36.4 Å². The van der Waals surface area contributed by atoms with Gasteiger partial charge in [0.1, 0.15) is 0 Å². The highest BCUT2D eigenvalue weighted by atomic mass is 32.2. The third-order valence-electron chi connectivity index (χ3n) is 3.45. The van der Waals surface area contributed by atoms with Crippen LogP contribution in [0.15, 0.2) is 53.4 Å². The number of anilines is 1. The first-order chi connectivity index (χ1) is 8.74. The fourth-order valence-electron chi connectivity index (χ4n) is 2.26. The zero-order valence-electron chi connectivity index (χ0n) is 10.5. The molecule has 1 saturated carbocycles. The summed E-state index contributed by atoms with van der Waals surface area (Å²) in [4.78, 5) is 1.33. The average Bonchev–Trinajstić information content (AvgIpc) is 3.14. The number of thioether (sulfide) groups is 1. The van der Waals surface area contributed by atoms with Gasteiger partial charge in [-0.25, -0.2) is 0 Å². The molecule has 2 heteroatoms. The molecule has 0 heterocycles. The Bertz CT molecular complexity index is 550. The Morgan fingerprint density at radius 2 is 1.89 bits per heavy atom. The molecule has 2 aromatic carbocycles. The van der Waals surface area contributed by atoms with Gasteiger partial charge in [0.15, 0.2) is 0 Å². The van der Waals surface area contributed by atoms with E-state index in [-0.39, 0.29) is 0 Å². The zero-order chi connectivity index (χ0) is 12.5. The van der Waals surface area contributed by atoms with E-state index in [1.165, 1.54) is 22.4 Å². The molecule has 0 bridgehead atoms. The molecule has 0 amide bonds. The van der Waals surface area contributed by atoms with Crippen LogP contribution in [0.3, 0.4) is 0 Å². The number of nitrogen functional groups attached to an aromatic ring is 1. The molecule has 18 heavy (non-hydrogen) atoms. The predicted molar refractivity (Wildman–Crippen MR) is 79.0 cm³/mol. The van der Waals surface area contributed by atoms with E-state index >= 15 is 0 Å². The Balaban J connectivity index is 1.71. The second-order valence-corrected chi connectivity index (χ2v) is 6.22. The van der Waals surface area contributed by atoms with Crippen LogP contribution in [0.4, 0.5) is 5.69 Å². The van der Waals surface area contributed by atoms with Crippen LogP contribution in [0.5, 0.6) is 0 Å². The summed E-state index contributed by atoms with van der Waals surface area (Å²) in [6.07, 6.45) is 1.28. The zero-order valence-corrected chi connectivity index (χ0v) is 11.3. The molecule has 1 aliphatic carbocycles. The van der Waals surface area contributed by atoms with Crippen LogP contribution in [-0.2, 0) is 0 Å². The third kappa shape index (κ3) is 2.39. The van der Waals surface area contributed by atoms with Gasteiger partial charge in [0.25, 0.3) is 0 Å². The highest BCUT2D eigenvalue weighted by molar-refractivity contribution is 8.00.